The van der Waals surface area contributed by atoms with Crippen molar-refractivity contribution < 1.29 is 17.0 Å². The first-order valence-electron chi connectivity index (χ1n) is 3.29. The maximum absolute atomic E-state index is 1.87. The van der Waals surface area contributed by atoms with Crippen LogP contribution in [-0.4, -0.2) is 23.1 Å². The van der Waals surface area contributed by atoms with Gasteiger partial charge in [0.2, 0.25) is 0 Å². The Morgan fingerprint density at radius 1 is 1.11 bits per heavy atom. The number of rotatable bonds is 0. The summed E-state index contributed by atoms with van der Waals surface area (Å²) >= 11 is 0. The predicted octanol–water partition coefficient (Wildman–Crippen LogP) is -1.22. The van der Waals surface area contributed by atoms with Crippen LogP contribution >= 0.6 is 0 Å². The van der Waals surface area contributed by atoms with Gasteiger partial charge in [0.05, 0.1) is 0 Å². The van der Waals surface area contributed by atoms with Gasteiger partial charge in [-0.05, 0) is 0 Å². The molecule has 0 heterocycles. The number of hydrogen-bond donors (Lipinski definition) is 0. The molecule has 0 saturated heterocycles. The second-order valence-corrected chi connectivity index (χ2v) is 2.90. The Balaban J connectivity index is 0.000000320. The number of halogens is 1. The third kappa shape index (κ3) is 2.09. The predicted molar refractivity (Wildman–Crippen MR) is 35.6 cm³/mol. The molecular formula is C7H11BrMg. The van der Waals surface area contributed by atoms with E-state index < -0.39 is 0 Å². The summed E-state index contributed by atoms with van der Waals surface area (Å²) in [5.41, 5.74) is 0. The van der Waals surface area contributed by atoms with Gasteiger partial charge in [-0.15, -0.1) is 0 Å². The van der Waals surface area contributed by atoms with Gasteiger partial charge in [-0.1, -0.05) is 18.8 Å². The molecule has 48 valence electrons. The summed E-state index contributed by atoms with van der Waals surface area (Å²) in [7, 11) is 0. The Hall–Kier alpha value is 1.25. The standard InChI is InChI=1S/C7H11.BrH.Mg/c1-2-7-4-3-6(1)5-7;;/h6H,1-5H2;1H;/q-1;;+2/p-1. The van der Waals surface area contributed by atoms with Crippen molar-refractivity contribution in [1.29, 1.82) is 0 Å². The van der Waals surface area contributed by atoms with E-state index in [1.807, 2.05) is 5.92 Å². The monoisotopic (exact) mass is 198 g/mol. The average Bonchev–Trinajstić information content (AvgIpc) is 2.22. The van der Waals surface area contributed by atoms with E-state index in [2.05, 4.69) is 0 Å². The van der Waals surface area contributed by atoms with Crippen molar-refractivity contribution in [2.45, 2.75) is 32.1 Å². The third-order valence-corrected chi connectivity index (χ3v) is 2.39. The van der Waals surface area contributed by atoms with Crippen LogP contribution in [0.1, 0.15) is 32.1 Å². The first-order chi connectivity index (χ1) is 3.45. The zero-order valence-corrected chi connectivity index (χ0v) is 8.70. The van der Waals surface area contributed by atoms with Crippen LogP contribution in [0.5, 0.6) is 0 Å². The van der Waals surface area contributed by atoms with Gasteiger partial charge in [-0.25, -0.2) is 0 Å². The quantitative estimate of drug-likeness (QED) is 0.339. The van der Waals surface area contributed by atoms with Crippen molar-refractivity contribution in [3.63, 3.8) is 0 Å². The first kappa shape index (κ1) is 10.2. The summed E-state index contributed by atoms with van der Waals surface area (Å²) in [4.78, 5) is 0. The smallest absolute Gasteiger partial charge is 1.00 e. The van der Waals surface area contributed by atoms with E-state index in [-0.39, 0.29) is 40.0 Å². The summed E-state index contributed by atoms with van der Waals surface area (Å²) in [5, 5.41) is 0. The molecule has 2 aliphatic carbocycles. The Kier molecular flexibility index (Phi) is 4.77. The summed E-state index contributed by atoms with van der Waals surface area (Å²) in [6, 6.07) is 0. The molecule has 0 unspecified atom stereocenters. The first-order valence-corrected chi connectivity index (χ1v) is 3.29. The van der Waals surface area contributed by atoms with Crippen molar-refractivity contribution in [3.8, 4) is 0 Å². The van der Waals surface area contributed by atoms with Crippen LogP contribution in [0.3, 0.4) is 0 Å². The second-order valence-electron chi connectivity index (χ2n) is 2.90. The topological polar surface area (TPSA) is 0 Å². The molecule has 0 amide bonds. The Bertz CT molecular complexity index is 67.0. The Morgan fingerprint density at radius 2 is 1.67 bits per heavy atom. The van der Waals surface area contributed by atoms with Crippen molar-refractivity contribution in [3.05, 3.63) is 5.92 Å². The zero-order valence-electron chi connectivity index (χ0n) is 5.70. The average molecular weight is 199 g/mol. The molecule has 2 fully saturated rings. The fourth-order valence-electron chi connectivity index (χ4n) is 1.90. The fraction of sp³-hybridized carbons (Fsp3) is 0.857. The SMILES string of the molecule is C1CC2CC[C-]1C2.[Br-].[Mg+2]. The molecule has 0 nitrogen and oxygen atoms in total. The van der Waals surface area contributed by atoms with Crippen molar-refractivity contribution >= 4 is 23.1 Å². The van der Waals surface area contributed by atoms with Gasteiger partial charge < -0.3 is 22.9 Å². The normalized spacial score (nSPS) is 25.3. The molecule has 0 aromatic carbocycles. The van der Waals surface area contributed by atoms with E-state index in [9.17, 15) is 0 Å². The Morgan fingerprint density at radius 3 is 1.78 bits per heavy atom. The minimum absolute atomic E-state index is 0. The molecule has 0 aromatic heterocycles. The van der Waals surface area contributed by atoms with Gasteiger partial charge in [-0.3, -0.25) is 0 Å². The Labute approximate surface area is 83.7 Å². The molecular weight excluding hydrogens is 188 g/mol. The minimum Gasteiger partial charge on any atom is -1.00 e. The van der Waals surface area contributed by atoms with Gasteiger partial charge in [0.25, 0.3) is 0 Å². The maximum atomic E-state index is 1.87. The fourth-order valence-corrected chi connectivity index (χ4v) is 1.90. The second kappa shape index (κ2) is 4.19. The van der Waals surface area contributed by atoms with Gasteiger partial charge >= 0.3 is 23.1 Å². The van der Waals surface area contributed by atoms with Crippen LogP contribution in [0, 0.1) is 11.8 Å². The molecule has 2 heteroatoms. The largest absolute Gasteiger partial charge is 2.00 e. The van der Waals surface area contributed by atoms with Crippen LogP contribution in [0.4, 0.5) is 0 Å². The maximum Gasteiger partial charge on any atom is 2.00 e. The van der Waals surface area contributed by atoms with E-state index in [0.29, 0.717) is 0 Å². The van der Waals surface area contributed by atoms with Crippen LogP contribution < -0.4 is 17.0 Å². The van der Waals surface area contributed by atoms with Crippen molar-refractivity contribution in [2.75, 3.05) is 0 Å². The van der Waals surface area contributed by atoms with Crippen molar-refractivity contribution in [2.24, 2.45) is 5.92 Å². The summed E-state index contributed by atoms with van der Waals surface area (Å²) in [6.07, 6.45) is 7.50. The van der Waals surface area contributed by atoms with E-state index in [1.54, 1.807) is 0 Å². The van der Waals surface area contributed by atoms with Crippen LogP contribution in [0.15, 0.2) is 0 Å². The summed E-state index contributed by atoms with van der Waals surface area (Å²) in [6.45, 7) is 0. The van der Waals surface area contributed by atoms with Gasteiger partial charge in [0.1, 0.15) is 0 Å². The van der Waals surface area contributed by atoms with Gasteiger partial charge in [0.15, 0.2) is 0 Å². The molecule has 2 aliphatic rings. The molecule has 0 N–H and O–H groups in total. The molecule has 9 heavy (non-hydrogen) atoms. The third-order valence-electron chi connectivity index (χ3n) is 2.39. The van der Waals surface area contributed by atoms with E-state index in [1.165, 1.54) is 32.1 Å². The molecule has 2 rings (SSSR count). The summed E-state index contributed by atoms with van der Waals surface area (Å²) < 4.78 is 0. The van der Waals surface area contributed by atoms with Gasteiger partial charge in [-0.2, -0.15) is 19.3 Å². The van der Waals surface area contributed by atoms with E-state index in [4.69, 9.17) is 0 Å². The van der Waals surface area contributed by atoms with E-state index in [0.717, 1.165) is 5.92 Å². The minimum atomic E-state index is 0. The molecule has 0 radical (unpaired) electrons. The number of fused-ring (bicyclic) bond motifs is 2. The molecule has 0 aromatic rings. The molecule has 2 saturated carbocycles. The van der Waals surface area contributed by atoms with E-state index >= 15 is 0 Å². The van der Waals surface area contributed by atoms with Crippen molar-refractivity contribution in [1.82, 2.24) is 0 Å². The molecule has 0 aliphatic heterocycles. The zero-order chi connectivity index (χ0) is 4.69. The molecule has 0 atom stereocenters. The molecule has 2 bridgehead atoms. The van der Waals surface area contributed by atoms with Crippen LogP contribution in [-0.2, 0) is 0 Å². The van der Waals surface area contributed by atoms with Crippen LogP contribution in [0.2, 0.25) is 0 Å². The molecule has 0 spiro atoms. The summed E-state index contributed by atoms with van der Waals surface area (Å²) in [5.74, 6) is 3.00. The van der Waals surface area contributed by atoms with Gasteiger partial charge in [0, 0.05) is 0 Å². The number of hydrogen-bond acceptors (Lipinski definition) is 0. The van der Waals surface area contributed by atoms with Crippen LogP contribution in [0.25, 0.3) is 0 Å².